The monoisotopic (exact) mass is 395 g/mol. The van der Waals surface area contributed by atoms with Crippen LogP contribution in [0.15, 0.2) is 54.9 Å². The molecule has 4 N–H and O–H groups in total. The van der Waals surface area contributed by atoms with Gasteiger partial charge in [0.05, 0.1) is 23.0 Å². The van der Waals surface area contributed by atoms with E-state index >= 15 is 0 Å². The highest BCUT2D eigenvalue weighted by molar-refractivity contribution is 6.00. The van der Waals surface area contributed by atoms with Crippen LogP contribution in [0, 0.1) is 5.82 Å². The van der Waals surface area contributed by atoms with E-state index in [9.17, 15) is 14.3 Å². The molecule has 8 heteroatoms. The number of nitrogens with zero attached hydrogens (tertiary/aromatic N) is 2. The van der Waals surface area contributed by atoms with Crippen molar-refractivity contribution in [1.29, 1.82) is 0 Å². The lowest BCUT2D eigenvalue weighted by Gasteiger charge is -2.23. The van der Waals surface area contributed by atoms with Gasteiger partial charge in [-0.15, -0.1) is 0 Å². The van der Waals surface area contributed by atoms with Crippen LogP contribution in [0.5, 0.6) is 0 Å². The summed E-state index contributed by atoms with van der Waals surface area (Å²) in [6.45, 7) is 3.37. The van der Waals surface area contributed by atoms with Gasteiger partial charge in [0.25, 0.3) is 5.91 Å². The van der Waals surface area contributed by atoms with Crippen molar-refractivity contribution in [2.75, 3.05) is 17.7 Å². The molecule has 0 radical (unpaired) electrons. The maximum absolute atomic E-state index is 13.1. The Labute approximate surface area is 168 Å². The second-order valence-electron chi connectivity index (χ2n) is 6.91. The fourth-order valence-corrected chi connectivity index (χ4v) is 2.79. The zero-order valence-corrected chi connectivity index (χ0v) is 16.3. The number of carbonyl (C=O) groups is 1. The lowest BCUT2D eigenvalue weighted by molar-refractivity contribution is 0.0793. The molecule has 150 valence electrons. The summed E-state index contributed by atoms with van der Waals surface area (Å²) < 4.78 is 13.1. The summed E-state index contributed by atoms with van der Waals surface area (Å²) in [6, 6.07) is 11.7. The predicted molar refractivity (Wildman–Crippen MR) is 110 cm³/mol. The van der Waals surface area contributed by atoms with Crippen molar-refractivity contribution >= 4 is 28.9 Å². The van der Waals surface area contributed by atoms with Crippen molar-refractivity contribution in [1.82, 2.24) is 15.3 Å². The van der Waals surface area contributed by atoms with Crippen LogP contribution in [0.3, 0.4) is 0 Å². The standard InChI is InChI=1S/C21H22FN5O2/c1-21(2,29)15-6-4-5-7-16(15)26-17-10-19(25-12-14(17)20(28)23-3)27-18-9-8-13(22)11-24-18/h4-12,29H,1-3H3,(H,23,28)(H2,24,25,26,27). The van der Waals surface area contributed by atoms with Crippen LogP contribution in [0.4, 0.5) is 27.4 Å². The maximum atomic E-state index is 13.1. The number of carbonyl (C=O) groups excluding carboxylic acids is 1. The SMILES string of the molecule is CNC(=O)c1cnc(Nc2ccc(F)cn2)cc1Nc1ccccc1C(C)(C)O. The van der Waals surface area contributed by atoms with Crippen LogP contribution in [-0.4, -0.2) is 28.0 Å². The Bertz CT molecular complexity index is 1020. The van der Waals surface area contributed by atoms with Crippen LogP contribution < -0.4 is 16.0 Å². The van der Waals surface area contributed by atoms with Crippen molar-refractivity contribution in [3.05, 3.63) is 71.8 Å². The smallest absolute Gasteiger partial charge is 0.254 e. The molecular formula is C21H22FN5O2. The summed E-state index contributed by atoms with van der Waals surface area (Å²) in [6.07, 6.45) is 2.53. The highest BCUT2D eigenvalue weighted by Crippen LogP contribution is 2.31. The minimum atomic E-state index is -1.08. The van der Waals surface area contributed by atoms with Crippen molar-refractivity contribution in [3.63, 3.8) is 0 Å². The van der Waals surface area contributed by atoms with Crippen molar-refractivity contribution in [3.8, 4) is 0 Å². The number of pyridine rings is 2. The Hall–Kier alpha value is -3.52. The van der Waals surface area contributed by atoms with Crippen LogP contribution in [-0.2, 0) is 5.60 Å². The zero-order valence-electron chi connectivity index (χ0n) is 16.3. The molecule has 0 unspecified atom stereocenters. The number of nitrogens with one attached hydrogen (secondary N) is 3. The third-order valence-electron chi connectivity index (χ3n) is 4.21. The maximum Gasteiger partial charge on any atom is 0.254 e. The molecule has 0 aliphatic carbocycles. The number of para-hydroxylation sites is 1. The van der Waals surface area contributed by atoms with Gasteiger partial charge >= 0.3 is 0 Å². The minimum Gasteiger partial charge on any atom is -0.386 e. The van der Waals surface area contributed by atoms with Gasteiger partial charge in [-0.2, -0.15) is 0 Å². The van der Waals surface area contributed by atoms with Gasteiger partial charge in [0.15, 0.2) is 0 Å². The lowest BCUT2D eigenvalue weighted by atomic mass is 9.96. The van der Waals surface area contributed by atoms with Crippen LogP contribution >= 0.6 is 0 Å². The molecule has 1 aromatic carbocycles. The third kappa shape index (κ3) is 4.85. The summed E-state index contributed by atoms with van der Waals surface area (Å²) >= 11 is 0. The number of hydrogen-bond acceptors (Lipinski definition) is 6. The molecule has 29 heavy (non-hydrogen) atoms. The number of aliphatic hydroxyl groups is 1. The summed E-state index contributed by atoms with van der Waals surface area (Å²) in [7, 11) is 1.53. The number of halogens is 1. The molecule has 3 aromatic rings. The number of benzene rings is 1. The number of amides is 1. The Morgan fingerprint density at radius 3 is 2.38 bits per heavy atom. The molecule has 3 rings (SSSR count). The van der Waals surface area contributed by atoms with Crippen LogP contribution in [0.2, 0.25) is 0 Å². The first-order chi connectivity index (χ1) is 13.8. The van der Waals surface area contributed by atoms with Gasteiger partial charge in [-0.1, -0.05) is 18.2 Å². The van der Waals surface area contributed by atoms with Gasteiger partial charge in [-0.25, -0.2) is 14.4 Å². The second-order valence-corrected chi connectivity index (χ2v) is 6.91. The summed E-state index contributed by atoms with van der Waals surface area (Å²) in [5, 5.41) is 19.2. The van der Waals surface area contributed by atoms with Crippen LogP contribution in [0.25, 0.3) is 0 Å². The van der Waals surface area contributed by atoms with E-state index in [0.717, 1.165) is 6.20 Å². The number of hydrogen-bond donors (Lipinski definition) is 4. The zero-order chi connectivity index (χ0) is 21.0. The third-order valence-corrected chi connectivity index (χ3v) is 4.21. The molecule has 0 aliphatic heterocycles. The van der Waals surface area contributed by atoms with Gasteiger partial charge in [0.2, 0.25) is 0 Å². The number of rotatable bonds is 6. The first kappa shape index (κ1) is 20.2. The number of aromatic nitrogens is 2. The fraction of sp³-hybridized carbons (Fsp3) is 0.190. The van der Waals surface area contributed by atoms with Gasteiger partial charge in [-0.05, 0) is 32.0 Å². The highest BCUT2D eigenvalue weighted by Gasteiger charge is 2.21. The van der Waals surface area contributed by atoms with E-state index in [1.807, 2.05) is 24.3 Å². The predicted octanol–water partition coefficient (Wildman–Crippen LogP) is 3.69. The molecule has 0 fully saturated rings. The molecule has 0 aliphatic rings. The molecule has 0 saturated heterocycles. The van der Waals surface area contributed by atoms with Crippen LogP contribution in [0.1, 0.15) is 29.8 Å². The Kier molecular flexibility index (Phi) is 5.74. The first-order valence-electron chi connectivity index (χ1n) is 8.97. The van der Waals surface area contributed by atoms with Crippen molar-refractivity contribution in [2.45, 2.75) is 19.4 Å². The quantitative estimate of drug-likeness (QED) is 0.508. The van der Waals surface area contributed by atoms with E-state index < -0.39 is 11.4 Å². The molecule has 2 heterocycles. The van der Waals surface area contributed by atoms with E-state index in [4.69, 9.17) is 0 Å². The topological polar surface area (TPSA) is 99.2 Å². The molecule has 0 atom stereocenters. The molecule has 0 saturated carbocycles. The average Bonchev–Trinajstić information content (AvgIpc) is 2.69. The Morgan fingerprint density at radius 2 is 1.72 bits per heavy atom. The summed E-state index contributed by atoms with van der Waals surface area (Å²) in [5.74, 6) is 0.0747. The molecule has 7 nitrogen and oxygen atoms in total. The van der Waals surface area contributed by atoms with Gasteiger partial charge in [0.1, 0.15) is 17.5 Å². The minimum absolute atomic E-state index is 0.313. The lowest BCUT2D eigenvalue weighted by Crippen LogP contribution is -2.21. The summed E-state index contributed by atoms with van der Waals surface area (Å²) in [4.78, 5) is 20.5. The molecule has 0 spiro atoms. The van der Waals surface area contributed by atoms with E-state index in [-0.39, 0.29) is 5.91 Å². The molecule has 1 amide bonds. The number of anilines is 4. The van der Waals surface area contributed by atoms with E-state index in [1.165, 1.54) is 25.4 Å². The normalized spacial score (nSPS) is 11.1. The molecular weight excluding hydrogens is 373 g/mol. The molecule has 2 aromatic heterocycles. The van der Waals surface area contributed by atoms with Crippen molar-refractivity contribution < 1.29 is 14.3 Å². The second kappa shape index (κ2) is 8.24. The highest BCUT2D eigenvalue weighted by atomic mass is 19.1. The van der Waals surface area contributed by atoms with E-state index in [0.29, 0.717) is 34.1 Å². The van der Waals surface area contributed by atoms with E-state index in [2.05, 4.69) is 25.9 Å². The van der Waals surface area contributed by atoms with E-state index in [1.54, 1.807) is 19.9 Å². The van der Waals surface area contributed by atoms with Gasteiger partial charge in [0, 0.05) is 30.6 Å². The van der Waals surface area contributed by atoms with Gasteiger partial charge < -0.3 is 21.1 Å². The average molecular weight is 395 g/mol. The Balaban J connectivity index is 1.99. The summed E-state index contributed by atoms with van der Waals surface area (Å²) in [5.41, 5.74) is 1.07. The largest absolute Gasteiger partial charge is 0.386 e. The Morgan fingerprint density at radius 1 is 1.00 bits per heavy atom. The first-order valence-corrected chi connectivity index (χ1v) is 8.97. The van der Waals surface area contributed by atoms with Crippen molar-refractivity contribution in [2.24, 2.45) is 0 Å². The van der Waals surface area contributed by atoms with Gasteiger partial charge in [-0.3, -0.25) is 4.79 Å². The fourth-order valence-electron chi connectivity index (χ4n) is 2.79. The molecule has 0 bridgehead atoms.